The van der Waals surface area contributed by atoms with Crippen molar-refractivity contribution in [3.05, 3.63) is 42.4 Å². The van der Waals surface area contributed by atoms with Gasteiger partial charge in [-0.3, -0.25) is 4.79 Å². The van der Waals surface area contributed by atoms with Gasteiger partial charge in [0.05, 0.1) is 19.4 Å². The van der Waals surface area contributed by atoms with Crippen molar-refractivity contribution < 1.29 is 18.7 Å². The van der Waals surface area contributed by atoms with E-state index in [0.29, 0.717) is 23.7 Å². The SMILES string of the molecule is O=C(CNCc1ccco1)Nc1ccc2c(c1)OCO2. The number of carbonyl (C=O) groups is 1. The maximum absolute atomic E-state index is 11.8. The number of benzene rings is 1. The molecule has 0 aliphatic carbocycles. The first-order chi connectivity index (χ1) is 9.81. The van der Waals surface area contributed by atoms with Crippen LogP contribution in [0.25, 0.3) is 0 Å². The Bertz CT molecular complexity index is 595. The van der Waals surface area contributed by atoms with Crippen molar-refractivity contribution in [1.29, 1.82) is 0 Å². The Kier molecular flexibility index (Phi) is 3.56. The highest BCUT2D eigenvalue weighted by molar-refractivity contribution is 5.92. The second-order valence-electron chi connectivity index (χ2n) is 4.30. The summed E-state index contributed by atoms with van der Waals surface area (Å²) in [5, 5.41) is 5.78. The predicted molar refractivity (Wildman–Crippen MR) is 71.6 cm³/mol. The zero-order chi connectivity index (χ0) is 13.8. The predicted octanol–water partition coefficient (Wildman–Crippen LogP) is 1.74. The van der Waals surface area contributed by atoms with E-state index in [1.807, 2.05) is 12.1 Å². The third-order valence-corrected chi connectivity index (χ3v) is 2.82. The Hall–Kier alpha value is -2.47. The van der Waals surface area contributed by atoms with Crippen LogP contribution in [-0.4, -0.2) is 19.2 Å². The van der Waals surface area contributed by atoms with Crippen LogP contribution in [0.3, 0.4) is 0 Å². The van der Waals surface area contributed by atoms with E-state index < -0.39 is 0 Å². The van der Waals surface area contributed by atoms with Crippen LogP contribution in [0.5, 0.6) is 11.5 Å². The molecule has 0 fully saturated rings. The van der Waals surface area contributed by atoms with Crippen LogP contribution >= 0.6 is 0 Å². The summed E-state index contributed by atoms with van der Waals surface area (Å²) >= 11 is 0. The van der Waals surface area contributed by atoms with Crippen LogP contribution < -0.4 is 20.1 Å². The van der Waals surface area contributed by atoms with Crippen molar-refractivity contribution in [2.24, 2.45) is 0 Å². The summed E-state index contributed by atoms with van der Waals surface area (Å²) in [6.07, 6.45) is 1.60. The van der Waals surface area contributed by atoms with Gasteiger partial charge in [-0.25, -0.2) is 0 Å². The molecule has 1 aromatic heterocycles. The lowest BCUT2D eigenvalue weighted by molar-refractivity contribution is -0.115. The summed E-state index contributed by atoms with van der Waals surface area (Å²) in [7, 11) is 0. The number of furan rings is 1. The number of rotatable bonds is 5. The van der Waals surface area contributed by atoms with Gasteiger partial charge in [0.15, 0.2) is 11.5 Å². The number of carbonyl (C=O) groups excluding carboxylic acids is 1. The molecule has 104 valence electrons. The minimum Gasteiger partial charge on any atom is -0.468 e. The third-order valence-electron chi connectivity index (χ3n) is 2.82. The van der Waals surface area contributed by atoms with Crippen LogP contribution in [0.4, 0.5) is 5.69 Å². The molecule has 1 amide bonds. The molecule has 3 rings (SSSR count). The number of fused-ring (bicyclic) bond motifs is 1. The minimum atomic E-state index is -0.129. The highest BCUT2D eigenvalue weighted by Gasteiger charge is 2.13. The normalized spacial score (nSPS) is 12.4. The first-order valence-corrected chi connectivity index (χ1v) is 6.24. The van der Waals surface area contributed by atoms with E-state index in [2.05, 4.69) is 10.6 Å². The second-order valence-corrected chi connectivity index (χ2v) is 4.30. The molecule has 6 nitrogen and oxygen atoms in total. The standard InChI is InChI=1S/C14H14N2O4/c17-14(8-15-7-11-2-1-5-18-11)16-10-3-4-12-13(6-10)20-9-19-12/h1-6,15H,7-9H2,(H,16,17). The monoisotopic (exact) mass is 274 g/mol. The first kappa shape index (κ1) is 12.6. The zero-order valence-electron chi connectivity index (χ0n) is 10.7. The largest absolute Gasteiger partial charge is 0.468 e. The lowest BCUT2D eigenvalue weighted by atomic mass is 10.3. The molecule has 1 aromatic carbocycles. The fraction of sp³-hybridized carbons (Fsp3) is 0.214. The molecular weight excluding hydrogens is 260 g/mol. The van der Waals surface area contributed by atoms with Crippen molar-refractivity contribution in [2.75, 3.05) is 18.7 Å². The van der Waals surface area contributed by atoms with Crippen molar-refractivity contribution in [3.63, 3.8) is 0 Å². The Morgan fingerprint density at radius 2 is 2.10 bits per heavy atom. The Morgan fingerprint density at radius 3 is 2.95 bits per heavy atom. The number of ether oxygens (including phenoxy) is 2. The first-order valence-electron chi connectivity index (χ1n) is 6.24. The molecule has 2 heterocycles. The molecule has 2 aromatic rings. The maximum atomic E-state index is 11.8. The smallest absolute Gasteiger partial charge is 0.238 e. The molecule has 0 radical (unpaired) electrons. The van der Waals surface area contributed by atoms with Gasteiger partial charge in [0.25, 0.3) is 0 Å². The molecule has 0 spiro atoms. The molecule has 0 unspecified atom stereocenters. The van der Waals surface area contributed by atoms with Gasteiger partial charge in [0.1, 0.15) is 5.76 Å². The molecule has 20 heavy (non-hydrogen) atoms. The highest BCUT2D eigenvalue weighted by Crippen LogP contribution is 2.34. The van der Waals surface area contributed by atoms with Crippen molar-refractivity contribution in [3.8, 4) is 11.5 Å². The fourth-order valence-electron chi connectivity index (χ4n) is 1.89. The quantitative estimate of drug-likeness (QED) is 0.868. The lowest BCUT2D eigenvalue weighted by Crippen LogP contribution is -2.27. The van der Waals surface area contributed by atoms with Crippen LogP contribution in [0.2, 0.25) is 0 Å². The number of hydrogen-bond donors (Lipinski definition) is 2. The van der Waals surface area contributed by atoms with Crippen LogP contribution in [-0.2, 0) is 11.3 Å². The lowest BCUT2D eigenvalue weighted by Gasteiger charge is -2.06. The van der Waals surface area contributed by atoms with Crippen LogP contribution in [0, 0.1) is 0 Å². The van der Waals surface area contributed by atoms with Crippen molar-refractivity contribution in [2.45, 2.75) is 6.54 Å². The molecule has 0 saturated carbocycles. The fourth-order valence-corrected chi connectivity index (χ4v) is 1.89. The molecule has 0 atom stereocenters. The van der Waals surface area contributed by atoms with Gasteiger partial charge in [-0.15, -0.1) is 0 Å². The Balaban J connectivity index is 1.49. The van der Waals surface area contributed by atoms with Crippen LogP contribution in [0.15, 0.2) is 41.0 Å². The van der Waals surface area contributed by atoms with Crippen LogP contribution in [0.1, 0.15) is 5.76 Å². The van der Waals surface area contributed by atoms with Gasteiger partial charge in [0.2, 0.25) is 12.7 Å². The van der Waals surface area contributed by atoms with Gasteiger partial charge in [-0.05, 0) is 24.3 Å². The topological polar surface area (TPSA) is 72.7 Å². The molecule has 6 heteroatoms. The van der Waals surface area contributed by atoms with E-state index in [1.54, 1.807) is 24.5 Å². The summed E-state index contributed by atoms with van der Waals surface area (Å²) in [5.74, 6) is 2.00. The van der Waals surface area contributed by atoms with Gasteiger partial charge in [-0.2, -0.15) is 0 Å². The van der Waals surface area contributed by atoms with Gasteiger partial charge < -0.3 is 24.5 Å². The average molecular weight is 274 g/mol. The summed E-state index contributed by atoms with van der Waals surface area (Å²) in [6, 6.07) is 8.95. The van der Waals surface area contributed by atoms with Crippen molar-refractivity contribution in [1.82, 2.24) is 5.32 Å². The van der Waals surface area contributed by atoms with Gasteiger partial charge in [-0.1, -0.05) is 0 Å². The Morgan fingerprint density at radius 1 is 1.20 bits per heavy atom. The third kappa shape index (κ3) is 2.92. The molecule has 0 saturated heterocycles. The number of amides is 1. The summed E-state index contributed by atoms with van der Waals surface area (Å²) in [4.78, 5) is 11.8. The van der Waals surface area contributed by atoms with Gasteiger partial charge in [0, 0.05) is 11.8 Å². The number of anilines is 1. The van der Waals surface area contributed by atoms with Gasteiger partial charge >= 0.3 is 0 Å². The van der Waals surface area contributed by atoms with E-state index in [-0.39, 0.29) is 19.2 Å². The number of nitrogens with one attached hydrogen (secondary N) is 2. The molecule has 0 bridgehead atoms. The molecule has 2 N–H and O–H groups in total. The summed E-state index contributed by atoms with van der Waals surface area (Å²) in [5.41, 5.74) is 0.680. The Labute approximate surface area is 115 Å². The molecule has 1 aliphatic heterocycles. The number of hydrogen-bond acceptors (Lipinski definition) is 5. The van der Waals surface area contributed by atoms with E-state index in [9.17, 15) is 4.79 Å². The summed E-state index contributed by atoms with van der Waals surface area (Å²) < 4.78 is 15.6. The van der Waals surface area contributed by atoms with E-state index in [1.165, 1.54) is 0 Å². The summed E-state index contributed by atoms with van der Waals surface area (Å²) in [6.45, 7) is 0.939. The van der Waals surface area contributed by atoms with E-state index in [0.717, 1.165) is 5.76 Å². The molecular formula is C14H14N2O4. The maximum Gasteiger partial charge on any atom is 0.238 e. The second kappa shape index (κ2) is 5.66. The zero-order valence-corrected chi connectivity index (χ0v) is 10.7. The molecule has 1 aliphatic rings. The highest BCUT2D eigenvalue weighted by atomic mass is 16.7. The van der Waals surface area contributed by atoms with E-state index >= 15 is 0 Å². The average Bonchev–Trinajstić information content (AvgIpc) is 3.08. The van der Waals surface area contributed by atoms with Crippen molar-refractivity contribution >= 4 is 11.6 Å². The minimum absolute atomic E-state index is 0.129. The van der Waals surface area contributed by atoms with E-state index in [4.69, 9.17) is 13.9 Å².